The Kier molecular flexibility index (Phi) is 3.37. The predicted molar refractivity (Wildman–Crippen MR) is 78.1 cm³/mol. The van der Waals surface area contributed by atoms with E-state index in [1.54, 1.807) is 12.4 Å². The van der Waals surface area contributed by atoms with Gasteiger partial charge in [-0.25, -0.2) is 0 Å². The average molecular weight is 259 g/mol. The van der Waals surface area contributed by atoms with Crippen molar-refractivity contribution < 1.29 is 0 Å². The number of anilines is 1. The zero-order valence-electron chi connectivity index (χ0n) is 10.5. The van der Waals surface area contributed by atoms with Gasteiger partial charge in [0.1, 0.15) is 0 Å². The van der Waals surface area contributed by atoms with Gasteiger partial charge in [-0.1, -0.05) is 6.92 Å². The third kappa shape index (κ3) is 2.43. The summed E-state index contributed by atoms with van der Waals surface area (Å²) in [6.07, 6.45) is 6.03. The Bertz CT molecular complexity index is 543. The van der Waals surface area contributed by atoms with Gasteiger partial charge in [0.15, 0.2) is 0 Å². The summed E-state index contributed by atoms with van der Waals surface area (Å²) in [7, 11) is 0. The number of fused-ring (bicyclic) bond motifs is 1. The number of rotatable bonds is 2. The van der Waals surface area contributed by atoms with Crippen molar-refractivity contribution in [2.75, 3.05) is 11.1 Å². The van der Waals surface area contributed by atoms with Crippen LogP contribution in [0.2, 0.25) is 0 Å². The van der Waals surface area contributed by atoms with Crippen LogP contribution in [-0.4, -0.2) is 27.0 Å². The summed E-state index contributed by atoms with van der Waals surface area (Å²) in [4.78, 5) is 8.64. The summed E-state index contributed by atoms with van der Waals surface area (Å²) in [6, 6.07) is 6.79. The summed E-state index contributed by atoms with van der Waals surface area (Å²) in [5, 5.41) is 4.31. The van der Waals surface area contributed by atoms with Crippen LogP contribution < -0.4 is 5.32 Å². The van der Waals surface area contributed by atoms with Crippen molar-refractivity contribution in [2.24, 2.45) is 0 Å². The van der Waals surface area contributed by atoms with E-state index in [-0.39, 0.29) is 0 Å². The van der Waals surface area contributed by atoms with E-state index in [0.717, 1.165) is 16.7 Å². The summed E-state index contributed by atoms with van der Waals surface area (Å²) < 4.78 is 0. The molecule has 2 atom stereocenters. The number of hydrogen-bond acceptors (Lipinski definition) is 4. The molecular weight excluding hydrogens is 242 g/mol. The lowest BCUT2D eigenvalue weighted by atomic mass is 10.1. The van der Waals surface area contributed by atoms with Gasteiger partial charge in [0, 0.05) is 29.4 Å². The molecule has 1 N–H and O–H groups in total. The molecule has 1 saturated heterocycles. The zero-order valence-corrected chi connectivity index (χ0v) is 11.3. The lowest BCUT2D eigenvalue weighted by Crippen LogP contribution is -2.32. The van der Waals surface area contributed by atoms with E-state index in [0.29, 0.717) is 11.3 Å². The Morgan fingerprint density at radius 1 is 1.22 bits per heavy atom. The predicted octanol–water partition coefficient (Wildman–Crippen LogP) is 3.33. The first-order valence-electron chi connectivity index (χ1n) is 6.42. The van der Waals surface area contributed by atoms with Crippen LogP contribution in [0.4, 0.5) is 5.69 Å². The minimum atomic E-state index is 0.567. The van der Waals surface area contributed by atoms with Crippen LogP contribution in [-0.2, 0) is 0 Å². The Labute approximate surface area is 111 Å². The maximum absolute atomic E-state index is 4.35. The summed E-state index contributed by atoms with van der Waals surface area (Å²) >= 11 is 2.06. The lowest BCUT2D eigenvalue weighted by Gasteiger charge is -2.30. The van der Waals surface area contributed by atoms with Crippen molar-refractivity contribution in [2.45, 2.75) is 31.1 Å². The highest BCUT2D eigenvalue weighted by Crippen LogP contribution is 2.28. The molecule has 1 fully saturated rings. The van der Waals surface area contributed by atoms with Gasteiger partial charge < -0.3 is 5.32 Å². The largest absolute Gasteiger partial charge is 0.381 e. The third-order valence-electron chi connectivity index (χ3n) is 3.43. The summed E-state index contributed by atoms with van der Waals surface area (Å²) in [6.45, 7) is 2.31. The Hall–Kier alpha value is -1.29. The fraction of sp³-hybridized carbons (Fsp3) is 0.429. The molecule has 0 radical (unpaired) electrons. The molecule has 3 rings (SSSR count). The van der Waals surface area contributed by atoms with Gasteiger partial charge in [0.05, 0.1) is 11.0 Å². The van der Waals surface area contributed by atoms with Gasteiger partial charge in [-0.05, 0) is 36.8 Å². The van der Waals surface area contributed by atoms with E-state index in [2.05, 4.69) is 46.1 Å². The van der Waals surface area contributed by atoms with Gasteiger partial charge in [-0.3, -0.25) is 9.97 Å². The van der Waals surface area contributed by atoms with Gasteiger partial charge in [-0.15, -0.1) is 0 Å². The zero-order chi connectivity index (χ0) is 12.4. The average Bonchev–Trinajstić information content (AvgIpc) is 2.41. The summed E-state index contributed by atoms with van der Waals surface area (Å²) in [5.41, 5.74) is 3.06. The normalized spacial score (nSPS) is 24.1. The fourth-order valence-corrected chi connectivity index (χ4v) is 3.52. The Morgan fingerprint density at radius 2 is 2.06 bits per heavy atom. The molecule has 1 aromatic heterocycles. The molecule has 0 aliphatic carbocycles. The Morgan fingerprint density at radius 3 is 2.89 bits per heavy atom. The highest BCUT2D eigenvalue weighted by Gasteiger charge is 2.21. The second-order valence-corrected chi connectivity index (χ2v) is 6.21. The van der Waals surface area contributed by atoms with Crippen molar-refractivity contribution in [3.63, 3.8) is 0 Å². The van der Waals surface area contributed by atoms with E-state index in [4.69, 9.17) is 0 Å². The first kappa shape index (κ1) is 11.8. The van der Waals surface area contributed by atoms with Crippen LogP contribution in [0.25, 0.3) is 11.0 Å². The van der Waals surface area contributed by atoms with Crippen molar-refractivity contribution in [1.82, 2.24) is 9.97 Å². The molecule has 0 saturated carbocycles. The smallest absolute Gasteiger partial charge is 0.0907 e. The van der Waals surface area contributed by atoms with Crippen LogP contribution in [0.5, 0.6) is 0 Å². The number of nitrogens with one attached hydrogen (secondary N) is 1. The SMILES string of the molecule is CC1SCCCC1Nc1ccc2nccnc2c1. The number of thioether (sulfide) groups is 1. The van der Waals surface area contributed by atoms with Gasteiger partial charge in [-0.2, -0.15) is 11.8 Å². The standard InChI is InChI=1S/C14H17N3S/c1-10-12(3-2-8-18-10)17-11-4-5-13-14(9-11)16-7-6-15-13/h4-7,9-10,12,17H,2-3,8H2,1H3. The van der Waals surface area contributed by atoms with Crippen molar-refractivity contribution in [1.29, 1.82) is 0 Å². The molecule has 3 nitrogen and oxygen atoms in total. The minimum Gasteiger partial charge on any atom is -0.381 e. The molecule has 0 amide bonds. The lowest BCUT2D eigenvalue weighted by molar-refractivity contribution is 0.617. The molecule has 1 aliphatic rings. The molecule has 2 unspecified atom stereocenters. The van der Waals surface area contributed by atoms with Crippen molar-refractivity contribution >= 4 is 28.5 Å². The van der Waals surface area contributed by atoms with Gasteiger partial charge in [0.25, 0.3) is 0 Å². The van der Waals surface area contributed by atoms with E-state index < -0.39 is 0 Å². The third-order valence-corrected chi connectivity index (χ3v) is 4.81. The minimum absolute atomic E-state index is 0.567. The van der Waals surface area contributed by atoms with Crippen LogP contribution >= 0.6 is 11.8 Å². The van der Waals surface area contributed by atoms with E-state index in [1.165, 1.54) is 18.6 Å². The monoisotopic (exact) mass is 259 g/mol. The molecule has 2 heterocycles. The number of hydrogen-bond donors (Lipinski definition) is 1. The quantitative estimate of drug-likeness (QED) is 0.897. The second-order valence-electron chi connectivity index (χ2n) is 4.73. The van der Waals surface area contributed by atoms with Crippen molar-refractivity contribution in [3.05, 3.63) is 30.6 Å². The molecular formula is C14H17N3S. The maximum Gasteiger partial charge on any atom is 0.0907 e. The molecule has 18 heavy (non-hydrogen) atoms. The van der Waals surface area contributed by atoms with Crippen LogP contribution in [0.1, 0.15) is 19.8 Å². The molecule has 0 bridgehead atoms. The first-order chi connectivity index (χ1) is 8.83. The molecule has 1 aliphatic heterocycles. The maximum atomic E-state index is 4.35. The first-order valence-corrected chi connectivity index (χ1v) is 7.47. The van der Waals surface area contributed by atoms with Crippen LogP contribution in [0, 0.1) is 0 Å². The molecule has 2 aromatic rings. The van der Waals surface area contributed by atoms with Crippen LogP contribution in [0.3, 0.4) is 0 Å². The summed E-state index contributed by atoms with van der Waals surface area (Å²) in [5.74, 6) is 1.29. The topological polar surface area (TPSA) is 37.8 Å². The number of nitrogens with zero attached hydrogens (tertiary/aromatic N) is 2. The molecule has 1 aromatic carbocycles. The van der Waals surface area contributed by atoms with Gasteiger partial charge in [0.2, 0.25) is 0 Å². The van der Waals surface area contributed by atoms with E-state index in [1.807, 2.05) is 6.07 Å². The molecule has 94 valence electrons. The highest BCUT2D eigenvalue weighted by atomic mass is 32.2. The van der Waals surface area contributed by atoms with E-state index in [9.17, 15) is 0 Å². The molecule has 0 spiro atoms. The van der Waals surface area contributed by atoms with Crippen molar-refractivity contribution in [3.8, 4) is 0 Å². The second kappa shape index (κ2) is 5.14. The fourth-order valence-electron chi connectivity index (χ4n) is 2.38. The van der Waals surface area contributed by atoms with E-state index >= 15 is 0 Å². The van der Waals surface area contributed by atoms with Gasteiger partial charge >= 0.3 is 0 Å². The Balaban J connectivity index is 1.81. The highest BCUT2D eigenvalue weighted by molar-refractivity contribution is 8.00. The molecule has 4 heteroatoms. The number of benzene rings is 1. The van der Waals surface area contributed by atoms with Crippen LogP contribution in [0.15, 0.2) is 30.6 Å². The number of aromatic nitrogens is 2.